The molecule has 6 heteroatoms. The van der Waals surface area contributed by atoms with E-state index < -0.39 is 0 Å². The van der Waals surface area contributed by atoms with Crippen molar-refractivity contribution in [3.63, 3.8) is 0 Å². The lowest BCUT2D eigenvalue weighted by Gasteiger charge is -2.16. The SMILES string of the molecule is CNC(=O)CNC(=O)C[NH2+][C@H](c1ccc(C(C)C)cc1)c1cccs1. The number of nitrogens with one attached hydrogen (secondary N) is 2. The first kappa shape index (κ1) is 19.1. The zero-order valence-corrected chi connectivity index (χ0v) is 15.7. The molecular weight excluding hydrogens is 334 g/mol. The van der Waals surface area contributed by atoms with E-state index in [1.165, 1.54) is 16.0 Å². The van der Waals surface area contributed by atoms with Gasteiger partial charge in [-0.15, -0.1) is 11.3 Å². The van der Waals surface area contributed by atoms with Gasteiger partial charge in [0.15, 0.2) is 6.54 Å². The average molecular weight is 361 g/mol. The summed E-state index contributed by atoms with van der Waals surface area (Å²) in [4.78, 5) is 24.4. The molecule has 0 aliphatic rings. The maximum absolute atomic E-state index is 12.0. The van der Waals surface area contributed by atoms with Gasteiger partial charge in [-0.3, -0.25) is 9.59 Å². The third-order valence-corrected chi connectivity index (χ3v) is 5.03. The van der Waals surface area contributed by atoms with Crippen molar-refractivity contribution in [1.29, 1.82) is 0 Å². The molecule has 2 amide bonds. The molecule has 0 fully saturated rings. The van der Waals surface area contributed by atoms with Crippen molar-refractivity contribution in [3.8, 4) is 0 Å². The van der Waals surface area contributed by atoms with Gasteiger partial charge >= 0.3 is 0 Å². The van der Waals surface area contributed by atoms with Gasteiger partial charge in [-0.25, -0.2) is 0 Å². The van der Waals surface area contributed by atoms with Crippen LogP contribution in [0.1, 0.15) is 41.8 Å². The van der Waals surface area contributed by atoms with Gasteiger partial charge in [0, 0.05) is 12.6 Å². The van der Waals surface area contributed by atoms with Gasteiger partial charge in [-0.05, 0) is 22.9 Å². The first-order valence-corrected chi connectivity index (χ1v) is 9.33. The maximum atomic E-state index is 12.0. The maximum Gasteiger partial charge on any atom is 0.275 e. The van der Waals surface area contributed by atoms with Gasteiger partial charge in [-0.1, -0.05) is 44.2 Å². The fourth-order valence-electron chi connectivity index (χ4n) is 2.54. The molecule has 1 aromatic heterocycles. The van der Waals surface area contributed by atoms with Crippen LogP contribution in [0.25, 0.3) is 0 Å². The van der Waals surface area contributed by atoms with Gasteiger partial charge in [0.25, 0.3) is 5.91 Å². The third kappa shape index (κ3) is 5.69. The number of hydrogen-bond donors (Lipinski definition) is 3. The second kappa shape index (κ2) is 9.34. The molecule has 25 heavy (non-hydrogen) atoms. The number of quaternary nitrogens is 1. The van der Waals surface area contributed by atoms with Gasteiger partial charge in [-0.2, -0.15) is 0 Å². The summed E-state index contributed by atoms with van der Waals surface area (Å²) in [6.45, 7) is 4.63. The summed E-state index contributed by atoms with van der Waals surface area (Å²) in [5.74, 6) is 0.144. The normalized spacial score (nSPS) is 12.0. The van der Waals surface area contributed by atoms with Crippen LogP contribution < -0.4 is 16.0 Å². The summed E-state index contributed by atoms with van der Waals surface area (Å²) in [6, 6.07) is 12.8. The van der Waals surface area contributed by atoms with Gasteiger partial charge in [0.2, 0.25) is 5.91 Å². The Kier molecular flexibility index (Phi) is 7.16. The summed E-state index contributed by atoms with van der Waals surface area (Å²) >= 11 is 1.68. The fraction of sp³-hybridized carbons (Fsp3) is 0.368. The lowest BCUT2D eigenvalue weighted by atomic mass is 9.98. The van der Waals surface area contributed by atoms with Crippen molar-refractivity contribution in [1.82, 2.24) is 10.6 Å². The standard InChI is InChI=1S/C19H25N3O2S/c1-13(2)14-6-8-15(9-7-14)19(16-5-4-10-25-16)22-12-18(24)21-11-17(23)20-3/h4-10,13,19,22H,11-12H2,1-3H3,(H,20,23)(H,21,24)/p+1/t19-/m1/s1. The Balaban J connectivity index is 2.04. The van der Waals surface area contributed by atoms with E-state index in [0.717, 1.165) is 0 Å². The number of carbonyl (C=O) groups is 2. The molecule has 0 aliphatic carbocycles. The second-order valence-electron chi connectivity index (χ2n) is 6.20. The van der Waals surface area contributed by atoms with Crippen molar-refractivity contribution in [2.45, 2.75) is 25.8 Å². The second-order valence-corrected chi connectivity index (χ2v) is 7.18. The summed E-state index contributed by atoms with van der Waals surface area (Å²) in [5.41, 5.74) is 2.47. The van der Waals surface area contributed by atoms with Gasteiger partial charge < -0.3 is 16.0 Å². The molecule has 134 valence electrons. The van der Waals surface area contributed by atoms with E-state index in [2.05, 4.69) is 54.8 Å². The topological polar surface area (TPSA) is 74.8 Å². The molecule has 1 aromatic carbocycles. The molecule has 5 nitrogen and oxygen atoms in total. The third-order valence-electron chi connectivity index (χ3n) is 4.08. The molecule has 1 atom stereocenters. The minimum absolute atomic E-state index is 0.00985. The minimum atomic E-state index is -0.201. The Labute approximate surface area is 152 Å². The van der Waals surface area contributed by atoms with Crippen molar-refractivity contribution in [2.24, 2.45) is 0 Å². The molecule has 0 saturated heterocycles. The van der Waals surface area contributed by atoms with Crippen molar-refractivity contribution >= 4 is 23.2 Å². The van der Waals surface area contributed by atoms with Crippen molar-refractivity contribution in [2.75, 3.05) is 20.1 Å². The van der Waals surface area contributed by atoms with E-state index in [0.29, 0.717) is 5.92 Å². The highest BCUT2D eigenvalue weighted by Crippen LogP contribution is 2.24. The monoisotopic (exact) mass is 360 g/mol. The Morgan fingerprint density at radius 3 is 2.32 bits per heavy atom. The zero-order valence-electron chi connectivity index (χ0n) is 14.9. The van der Waals surface area contributed by atoms with E-state index in [4.69, 9.17) is 0 Å². The number of rotatable bonds is 8. The lowest BCUT2D eigenvalue weighted by Crippen LogP contribution is -2.87. The van der Waals surface area contributed by atoms with Gasteiger partial charge in [0.05, 0.1) is 11.4 Å². The molecule has 0 saturated carbocycles. The Bertz CT molecular complexity index is 681. The summed E-state index contributed by atoms with van der Waals surface area (Å²) < 4.78 is 0. The number of likely N-dealkylation sites (N-methyl/N-ethyl adjacent to an activating group) is 1. The largest absolute Gasteiger partial charge is 0.358 e. The first-order chi connectivity index (χ1) is 12.0. The van der Waals surface area contributed by atoms with Crippen LogP contribution in [0.3, 0.4) is 0 Å². The van der Waals surface area contributed by atoms with E-state index in [-0.39, 0.29) is 30.9 Å². The van der Waals surface area contributed by atoms with Crippen molar-refractivity contribution in [3.05, 3.63) is 57.8 Å². The minimum Gasteiger partial charge on any atom is -0.358 e. The predicted molar refractivity (Wildman–Crippen MR) is 101 cm³/mol. The molecule has 0 aliphatic heterocycles. The molecule has 1 heterocycles. The highest BCUT2D eigenvalue weighted by molar-refractivity contribution is 7.10. The molecule has 2 aromatic rings. The van der Waals surface area contributed by atoms with Crippen LogP contribution >= 0.6 is 11.3 Å². The van der Waals surface area contributed by atoms with Crippen LogP contribution in [0.15, 0.2) is 41.8 Å². The predicted octanol–water partition coefficient (Wildman–Crippen LogP) is 1.39. The average Bonchev–Trinajstić information content (AvgIpc) is 3.14. The molecule has 2 rings (SSSR count). The van der Waals surface area contributed by atoms with Crippen LogP contribution in [-0.4, -0.2) is 32.0 Å². The highest BCUT2D eigenvalue weighted by Gasteiger charge is 2.20. The van der Waals surface area contributed by atoms with Crippen LogP contribution in [-0.2, 0) is 9.59 Å². The Morgan fingerprint density at radius 2 is 1.76 bits per heavy atom. The molecule has 0 unspecified atom stereocenters. The molecule has 0 radical (unpaired) electrons. The molecular formula is C19H26N3O2S+. The van der Waals surface area contributed by atoms with E-state index in [1.54, 1.807) is 18.4 Å². The zero-order chi connectivity index (χ0) is 18.2. The number of thiophene rings is 1. The summed E-state index contributed by atoms with van der Waals surface area (Å²) in [5, 5.41) is 9.17. The number of nitrogens with two attached hydrogens (primary N) is 1. The molecule has 0 spiro atoms. The fourth-order valence-corrected chi connectivity index (χ4v) is 3.39. The lowest BCUT2D eigenvalue weighted by molar-refractivity contribution is -0.676. The molecule has 4 N–H and O–H groups in total. The van der Waals surface area contributed by atoms with E-state index in [9.17, 15) is 9.59 Å². The van der Waals surface area contributed by atoms with Crippen LogP contribution in [0.2, 0.25) is 0 Å². The van der Waals surface area contributed by atoms with E-state index >= 15 is 0 Å². The first-order valence-electron chi connectivity index (χ1n) is 8.45. The number of benzene rings is 1. The quantitative estimate of drug-likeness (QED) is 0.665. The number of hydrogen-bond acceptors (Lipinski definition) is 3. The van der Waals surface area contributed by atoms with E-state index in [1.807, 2.05) is 16.8 Å². The van der Waals surface area contributed by atoms with Crippen molar-refractivity contribution < 1.29 is 14.9 Å². The summed E-state index contributed by atoms with van der Waals surface area (Å²) in [7, 11) is 1.55. The van der Waals surface area contributed by atoms with Crippen LogP contribution in [0, 0.1) is 0 Å². The Hall–Kier alpha value is -2.18. The van der Waals surface area contributed by atoms with Crippen LogP contribution in [0.5, 0.6) is 0 Å². The summed E-state index contributed by atoms with van der Waals surface area (Å²) in [6.07, 6.45) is 0. The molecule has 0 bridgehead atoms. The number of amides is 2. The van der Waals surface area contributed by atoms with Gasteiger partial charge in [0.1, 0.15) is 6.04 Å². The Morgan fingerprint density at radius 1 is 1.08 bits per heavy atom. The van der Waals surface area contributed by atoms with Crippen LogP contribution in [0.4, 0.5) is 0 Å². The smallest absolute Gasteiger partial charge is 0.275 e. The highest BCUT2D eigenvalue weighted by atomic mass is 32.1. The number of carbonyl (C=O) groups excluding carboxylic acids is 2.